The average Bonchev–Trinajstić information content (AvgIpc) is 3.05. The summed E-state index contributed by atoms with van der Waals surface area (Å²) in [5.41, 5.74) is -0.750. The van der Waals surface area contributed by atoms with Crippen LogP contribution in [0.25, 0.3) is 0 Å². The second-order valence-electron chi connectivity index (χ2n) is 8.44. The van der Waals surface area contributed by atoms with Gasteiger partial charge in [0.05, 0.1) is 28.4 Å². The van der Waals surface area contributed by atoms with Crippen molar-refractivity contribution in [3.8, 4) is 0 Å². The number of hydrogen-bond acceptors (Lipinski definition) is 14. The summed E-state index contributed by atoms with van der Waals surface area (Å²) in [6, 6.07) is 17.4. The van der Waals surface area contributed by atoms with E-state index in [-0.39, 0.29) is 23.3 Å². The molecular weight excluding hydrogens is 548 g/mol. The summed E-state index contributed by atoms with van der Waals surface area (Å²) in [5, 5.41) is 0. The first-order valence-electron chi connectivity index (χ1n) is 12.2. The van der Waals surface area contributed by atoms with Crippen molar-refractivity contribution in [2.75, 3.05) is 38.2 Å². The Morgan fingerprint density at radius 2 is 0.690 bits per heavy atom. The first-order chi connectivity index (χ1) is 20.3. The summed E-state index contributed by atoms with van der Waals surface area (Å²) in [6.07, 6.45) is 0. The summed E-state index contributed by atoms with van der Waals surface area (Å²) < 4.78 is 19.5. The van der Waals surface area contributed by atoms with Crippen LogP contribution in [-0.4, -0.2) is 72.3 Å². The van der Waals surface area contributed by atoms with Crippen LogP contribution in [0.2, 0.25) is 0 Å². The molecule has 212 valence electrons. The van der Waals surface area contributed by atoms with Crippen LogP contribution in [0.3, 0.4) is 0 Å². The van der Waals surface area contributed by atoms with Crippen molar-refractivity contribution in [1.82, 2.24) is 19.9 Å². The van der Waals surface area contributed by atoms with Gasteiger partial charge in [0.25, 0.3) is 0 Å². The molecule has 0 spiro atoms. The Balaban J connectivity index is 1.95. The highest BCUT2D eigenvalue weighted by Gasteiger charge is 2.40. The summed E-state index contributed by atoms with van der Waals surface area (Å²) in [5.74, 6) is -3.67. The van der Waals surface area contributed by atoms with E-state index in [1.54, 1.807) is 60.7 Å². The molecule has 42 heavy (non-hydrogen) atoms. The Bertz CT molecular complexity index is 1500. The van der Waals surface area contributed by atoms with Crippen molar-refractivity contribution in [3.63, 3.8) is 0 Å². The van der Waals surface area contributed by atoms with Gasteiger partial charge in [0.1, 0.15) is 0 Å². The van der Waals surface area contributed by atoms with Gasteiger partial charge in [-0.25, -0.2) is 39.1 Å². The molecule has 0 saturated heterocycles. The molecule has 5 rings (SSSR count). The summed E-state index contributed by atoms with van der Waals surface area (Å²) in [4.78, 5) is 72.3. The lowest BCUT2D eigenvalue weighted by Crippen LogP contribution is -2.32. The number of hydrogen-bond donors (Lipinski definition) is 0. The van der Waals surface area contributed by atoms with E-state index in [0.717, 1.165) is 28.4 Å². The maximum absolute atomic E-state index is 12.8. The smallest absolute Gasteiger partial charge is 0.359 e. The zero-order chi connectivity index (χ0) is 30.0. The minimum atomic E-state index is -0.946. The summed E-state index contributed by atoms with van der Waals surface area (Å²) in [7, 11) is 4.53. The normalized spacial score (nSPS) is 11.6. The molecule has 1 aliphatic heterocycles. The van der Waals surface area contributed by atoms with Crippen molar-refractivity contribution in [2.45, 2.75) is 0 Å². The van der Waals surface area contributed by atoms with Crippen molar-refractivity contribution in [1.29, 1.82) is 0 Å². The van der Waals surface area contributed by atoms with Crippen LogP contribution in [-0.2, 0) is 18.9 Å². The quantitative estimate of drug-likeness (QED) is 0.214. The molecule has 2 aromatic carbocycles. The predicted molar refractivity (Wildman–Crippen MR) is 146 cm³/mol. The number of esters is 4. The highest BCUT2D eigenvalue weighted by atomic mass is 16.5. The molecule has 1 aliphatic rings. The first-order valence-corrected chi connectivity index (χ1v) is 12.2. The fourth-order valence-corrected chi connectivity index (χ4v) is 4.24. The SMILES string of the molecule is COC(=O)c1nc2c(nc1C(=O)OC)N(c1ccccc1)c1nc(C(=O)OC)c(C(=O)OC)nc1N2c1ccccc1. The highest BCUT2D eigenvalue weighted by molar-refractivity contribution is 6.06. The molecule has 0 amide bonds. The number of para-hydroxylation sites is 2. The molecule has 0 N–H and O–H groups in total. The van der Waals surface area contributed by atoms with E-state index in [1.807, 2.05) is 0 Å². The van der Waals surface area contributed by atoms with Crippen molar-refractivity contribution in [3.05, 3.63) is 83.4 Å². The van der Waals surface area contributed by atoms with Gasteiger partial charge in [-0.1, -0.05) is 36.4 Å². The van der Waals surface area contributed by atoms with Crippen molar-refractivity contribution < 1.29 is 38.1 Å². The van der Waals surface area contributed by atoms with Crippen LogP contribution in [0.1, 0.15) is 42.0 Å². The van der Waals surface area contributed by atoms with Crippen LogP contribution in [0.4, 0.5) is 34.6 Å². The Kier molecular flexibility index (Phi) is 7.43. The van der Waals surface area contributed by atoms with E-state index in [4.69, 9.17) is 18.9 Å². The van der Waals surface area contributed by atoms with Gasteiger partial charge >= 0.3 is 23.9 Å². The van der Waals surface area contributed by atoms with Gasteiger partial charge in [0.15, 0.2) is 46.0 Å². The molecule has 0 atom stereocenters. The second kappa shape index (κ2) is 11.3. The Hall–Kier alpha value is -5.92. The Morgan fingerprint density at radius 3 is 0.905 bits per heavy atom. The van der Waals surface area contributed by atoms with Crippen LogP contribution in [0, 0.1) is 0 Å². The van der Waals surface area contributed by atoms with E-state index >= 15 is 0 Å². The topological polar surface area (TPSA) is 163 Å². The van der Waals surface area contributed by atoms with Crippen LogP contribution in [0.5, 0.6) is 0 Å². The largest absolute Gasteiger partial charge is 0.464 e. The van der Waals surface area contributed by atoms with Crippen molar-refractivity contribution >= 4 is 58.5 Å². The monoisotopic (exact) mass is 570 g/mol. The Morgan fingerprint density at radius 1 is 0.452 bits per heavy atom. The highest BCUT2D eigenvalue weighted by Crippen LogP contribution is 2.51. The van der Waals surface area contributed by atoms with E-state index in [2.05, 4.69) is 19.9 Å². The number of rotatable bonds is 6. The molecule has 4 aromatic rings. The van der Waals surface area contributed by atoms with Crippen LogP contribution < -0.4 is 9.80 Å². The molecule has 0 saturated carbocycles. The lowest BCUT2D eigenvalue weighted by Gasteiger charge is -2.37. The van der Waals surface area contributed by atoms with E-state index < -0.39 is 46.7 Å². The number of aromatic nitrogens is 4. The number of nitrogens with zero attached hydrogens (tertiary/aromatic N) is 6. The molecule has 0 fully saturated rings. The standard InChI is InChI=1S/C28H22N6O8/c1-39-25(35)17-18(26(36)40-2)30-22-21(29-17)33(15-11-7-5-8-12-15)23-24(34(22)16-13-9-6-10-14-16)32-20(28(38)42-4)19(31-23)27(37)41-3/h5-14H,1-4H3. The van der Waals surface area contributed by atoms with Crippen LogP contribution in [0.15, 0.2) is 60.7 Å². The zero-order valence-electron chi connectivity index (χ0n) is 22.7. The molecule has 2 aromatic heterocycles. The molecule has 3 heterocycles. The van der Waals surface area contributed by atoms with Gasteiger partial charge < -0.3 is 18.9 Å². The fourth-order valence-electron chi connectivity index (χ4n) is 4.24. The number of carbonyl (C=O) groups excluding carboxylic acids is 4. The molecule has 0 bridgehead atoms. The number of benzene rings is 2. The second-order valence-corrected chi connectivity index (χ2v) is 8.44. The maximum Gasteiger partial charge on any atom is 0.359 e. The third-order valence-electron chi connectivity index (χ3n) is 6.11. The minimum absolute atomic E-state index is 0.0292. The predicted octanol–water partition coefficient (Wildman–Crippen LogP) is 3.67. The van der Waals surface area contributed by atoms with Crippen molar-refractivity contribution in [2.24, 2.45) is 0 Å². The average molecular weight is 571 g/mol. The number of methoxy groups -OCH3 is 4. The number of fused-ring (bicyclic) bond motifs is 2. The molecular formula is C28H22N6O8. The molecule has 0 radical (unpaired) electrons. The summed E-state index contributed by atoms with van der Waals surface area (Å²) in [6.45, 7) is 0. The van der Waals surface area contributed by atoms with Gasteiger partial charge in [-0.05, 0) is 24.3 Å². The van der Waals surface area contributed by atoms with Gasteiger partial charge in [0.2, 0.25) is 0 Å². The van der Waals surface area contributed by atoms with Gasteiger partial charge in [0, 0.05) is 11.4 Å². The first kappa shape index (κ1) is 27.6. The van der Waals surface area contributed by atoms with Gasteiger partial charge in [-0.3, -0.25) is 9.80 Å². The number of carbonyl (C=O) groups is 4. The lowest BCUT2D eigenvalue weighted by atomic mass is 10.1. The molecule has 14 nitrogen and oxygen atoms in total. The molecule has 14 heteroatoms. The number of ether oxygens (including phenoxy) is 4. The maximum atomic E-state index is 12.8. The molecule has 0 unspecified atom stereocenters. The minimum Gasteiger partial charge on any atom is -0.464 e. The fraction of sp³-hybridized carbons (Fsp3) is 0.143. The van der Waals surface area contributed by atoms with E-state index in [1.165, 1.54) is 9.80 Å². The van der Waals surface area contributed by atoms with Gasteiger partial charge in [-0.2, -0.15) is 0 Å². The van der Waals surface area contributed by atoms with Gasteiger partial charge in [-0.15, -0.1) is 0 Å². The summed E-state index contributed by atoms with van der Waals surface area (Å²) >= 11 is 0. The number of anilines is 6. The zero-order valence-corrected chi connectivity index (χ0v) is 22.7. The van der Waals surface area contributed by atoms with E-state index in [9.17, 15) is 19.2 Å². The van der Waals surface area contributed by atoms with Crippen LogP contribution >= 0.6 is 0 Å². The molecule has 0 aliphatic carbocycles. The Labute approximate surface area is 238 Å². The third-order valence-corrected chi connectivity index (χ3v) is 6.11. The van der Waals surface area contributed by atoms with E-state index in [0.29, 0.717) is 11.4 Å². The lowest BCUT2D eigenvalue weighted by molar-refractivity contribution is 0.0544. The third kappa shape index (κ3) is 4.60.